The molecule has 0 amide bonds. The fourth-order valence-electron chi connectivity index (χ4n) is 1.80. The van der Waals surface area contributed by atoms with Crippen LogP contribution in [0.4, 0.5) is 0 Å². The van der Waals surface area contributed by atoms with Gasteiger partial charge in [-0.1, -0.05) is 29.8 Å². The van der Waals surface area contributed by atoms with E-state index in [-0.39, 0.29) is 0 Å². The van der Waals surface area contributed by atoms with Crippen molar-refractivity contribution < 1.29 is 4.74 Å². The molecular weight excluding hydrogens is 202 g/mol. The van der Waals surface area contributed by atoms with Gasteiger partial charge >= 0.3 is 0 Å². The molecule has 0 radical (unpaired) electrons. The first kappa shape index (κ1) is 9.54. The Labute approximate surface area is 93.9 Å². The van der Waals surface area contributed by atoms with E-state index in [1.54, 1.807) is 0 Å². The van der Waals surface area contributed by atoms with E-state index >= 15 is 0 Å². The first-order chi connectivity index (χ1) is 7.83. The normalized spacial score (nSPS) is 14.8. The summed E-state index contributed by atoms with van der Waals surface area (Å²) in [5.41, 5.74) is 2.31. The maximum atomic E-state index is 5.34. The lowest BCUT2D eigenvalue weighted by Gasteiger charge is -2.11. The molecule has 0 saturated carbocycles. The molecule has 2 heterocycles. The van der Waals surface area contributed by atoms with Gasteiger partial charge in [0.2, 0.25) is 0 Å². The predicted molar refractivity (Wildman–Crippen MR) is 59.9 cm³/mol. The van der Waals surface area contributed by atoms with Crippen molar-refractivity contribution in [2.75, 3.05) is 6.61 Å². The number of hydrogen-bond acceptors (Lipinski definition) is 3. The van der Waals surface area contributed by atoms with Gasteiger partial charge in [-0.3, -0.25) is 0 Å². The Morgan fingerprint density at radius 3 is 2.81 bits per heavy atom. The molecule has 0 atom stereocenters. The number of hydrogen-bond donors (Lipinski definition) is 0. The zero-order chi connectivity index (χ0) is 11.0. The lowest BCUT2D eigenvalue weighted by atomic mass is 10.1. The van der Waals surface area contributed by atoms with Crippen LogP contribution in [0.1, 0.15) is 11.4 Å². The van der Waals surface area contributed by atoms with Crippen LogP contribution < -0.4 is 0 Å². The number of rotatable bonds is 1. The van der Waals surface area contributed by atoms with Crippen molar-refractivity contribution in [1.29, 1.82) is 0 Å². The summed E-state index contributed by atoms with van der Waals surface area (Å²) in [4.78, 5) is 4.48. The van der Waals surface area contributed by atoms with Gasteiger partial charge in [0.05, 0.1) is 13.2 Å². The minimum atomic E-state index is 0.568. The highest BCUT2D eigenvalue weighted by molar-refractivity contribution is 5.54. The number of aromatic nitrogens is 3. The van der Waals surface area contributed by atoms with Gasteiger partial charge in [0.25, 0.3) is 0 Å². The predicted octanol–water partition coefficient (Wildman–Crippen LogP) is 1.78. The van der Waals surface area contributed by atoms with E-state index < -0.39 is 0 Å². The molecule has 0 N–H and O–H groups in total. The molecule has 0 bridgehead atoms. The van der Waals surface area contributed by atoms with Crippen LogP contribution in [0.3, 0.4) is 0 Å². The highest BCUT2D eigenvalue weighted by Gasteiger charge is 2.14. The summed E-state index contributed by atoms with van der Waals surface area (Å²) in [6.45, 7) is 4.17. The maximum Gasteiger partial charge on any atom is 0.181 e. The number of benzene rings is 1. The molecule has 16 heavy (non-hydrogen) atoms. The second-order valence-electron chi connectivity index (χ2n) is 3.99. The topological polar surface area (TPSA) is 39.9 Å². The van der Waals surface area contributed by atoms with Gasteiger partial charge in [-0.2, -0.15) is 5.10 Å². The fraction of sp³-hybridized carbons (Fsp3) is 0.333. The third-order valence-corrected chi connectivity index (χ3v) is 2.74. The molecule has 0 saturated heterocycles. The average molecular weight is 215 g/mol. The van der Waals surface area contributed by atoms with Crippen molar-refractivity contribution >= 4 is 0 Å². The van der Waals surface area contributed by atoms with Crippen LogP contribution in [0.5, 0.6) is 0 Å². The van der Waals surface area contributed by atoms with Crippen LogP contribution in [0.15, 0.2) is 24.3 Å². The lowest BCUT2D eigenvalue weighted by Crippen LogP contribution is -2.17. The molecule has 0 fully saturated rings. The molecule has 4 nitrogen and oxygen atoms in total. The molecule has 0 spiro atoms. The highest BCUT2D eigenvalue weighted by Crippen LogP contribution is 2.17. The van der Waals surface area contributed by atoms with E-state index in [1.165, 1.54) is 5.56 Å². The van der Waals surface area contributed by atoms with Crippen LogP contribution in [-0.4, -0.2) is 21.4 Å². The summed E-state index contributed by atoms with van der Waals surface area (Å²) in [6, 6.07) is 8.26. The second-order valence-corrected chi connectivity index (χ2v) is 3.99. The summed E-state index contributed by atoms with van der Waals surface area (Å²) in [5, 5.41) is 4.48. The van der Waals surface area contributed by atoms with E-state index in [1.807, 2.05) is 4.68 Å². The first-order valence-electron chi connectivity index (χ1n) is 5.41. The van der Waals surface area contributed by atoms with Gasteiger partial charge in [-0.05, 0) is 6.92 Å². The molecule has 0 aliphatic carbocycles. The van der Waals surface area contributed by atoms with Crippen LogP contribution >= 0.6 is 0 Å². The van der Waals surface area contributed by atoms with E-state index in [9.17, 15) is 0 Å². The number of ether oxygens (including phenoxy) is 1. The Balaban J connectivity index is 2.00. The minimum absolute atomic E-state index is 0.568. The SMILES string of the molecule is Cc1ccc(-c2nc3n(n2)CCOC3)cc1. The Kier molecular flexibility index (Phi) is 2.22. The molecule has 82 valence electrons. The number of aryl methyl sites for hydroxylation is 1. The average Bonchev–Trinajstić information content (AvgIpc) is 2.73. The Morgan fingerprint density at radius 1 is 1.25 bits per heavy atom. The van der Waals surface area contributed by atoms with E-state index in [2.05, 4.69) is 41.3 Å². The molecule has 3 rings (SSSR count). The van der Waals surface area contributed by atoms with Crippen molar-refractivity contribution in [1.82, 2.24) is 14.8 Å². The molecule has 0 unspecified atom stereocenters. The van der Waals surface area contributed by atoms with Gasteiger partial charge in [0.15, 0.2) is 11.6 Å². The molecular formula is C12H13N3O. The van der Waals surface area contributed by atoms with E-state index in [4.69, 9.17) is 4.74 Å². The Bertz CT molecular complexity index is 478. The summed E-state index contributed by atoms with van der Waals surface area (Å²) >= 11 is 0. The zero-order valence-corrected chi connectivity index (χ0v) is 9.18. The lowest BCUT2D eigenvalue weighted by molar-refractivity contribution is 0.0769. The zero-order valence-electron chi connectivity index (χ0n) is 9.18. The van der Waals surface area contributed by atoms with Gasteiger partial charge in [0, 0.05) is 5.56 Å². The van der Waals surface area contributed by atoms with Gasteiger partial charge in [-0.25, -0.2) is 9.67 Å². The fourth-order valence-corrected chi connectivity index (χ4v) is 1.80. The summed E-state index contributed by atoms with van der Waals surface area (Å²) in [7, 11) is 0. The van der Waals surface area contributed by atoms with Crippen LogP contribution in [0, 0.1) is 6.92 Å². The second kappa shape index (κ2) is 3.72. The van der Waals surface area contributed by atoms with Crippen molar-refractivity contribution in [3.8, 4) is 11.4 Å². The standard InChI is InChI=1S/C12H13N3O/c1-9-2-4-10(5-3-9)12-13-11-8-16-7-6-15(11)14-12/h2-5H,6-8H2,1H3. The van der Waals surface area contributed by atoms with Gasteiger partial charge in [0.1, 0.15) is 6.61 Å². The molecule has 4 heteroatoms. The number of fused-ring (bicyclic) bond motifs is 1. The third kappa shape index (κ3) is 1.61. The third-order valence-electron chi connectivity index (χ3n) is 2.74. The van der Waals surface area contributed by atoms with Crippen LogP contribution in [0.2, 0.25) is 0 Å². The highest BCUT2D eigenvalue weighted by atomic mass is 16.5. The Hall–Kier alpha value is -1.68. The van der Waals surface area contributed by atoms with Crippen molar-refractivity contribution in [3.63, 3.8) is 0 Å². The molecule has 1 aliphatic heterocycles. The minimum Gasteiger partial charge on any atom is -0.372 e. The summed E-state index contributed by atoms with van der Waals surface area (Å²) in [5.74, 6) is 1.71. The van der Waals surface area contributed by atoms with E-state index in [0.29, 0.717) is 6.61 Å². The monoisotopic (exact) mass is 215 g/mol. The van der Waals surface area contributed by atoms with Crippen LogP contribution in [-0.2, 0) is 17.9 Å². The smallest absolute Gasteiger partial charge is 0.181 e. The molecule has 1 aliphatic rings. The van der Waals surface area contributed by atoms with Crippen molar-refractivity contribution in [2.45, 2.75) is 20.1 Å². The van der Waals surface area contributed by atoms with Crippen molar-refractivity contribution in [3.05, 3.63) is 35.7 Å². The van der Waals surface area contributed by atoms with Crippen molar-refractivity contribution in [2.24, 2.45) is 0 Å². The molecule has 1 aromatic carbocycles. The molecule has 1 aromatic heterocycles. The van der Waals surface area contributed by atoms with Gasteiger partial charge in [-0.15, -0.1) is 0 Å². The summed E-state index contributed by atoms with van der Waals surface area (Å²) in [6.07, 6.45) is 0. The van der Waals surface area contributed by atoms with E-state index in [0.717, 1.165) is 30.4 Å². The maximum absolute atomic E-state index is 5.34. The van der Waals surface area contributed by atoms with Gasteiger partial charge < -0.3 is 4.74 Å². The largest absolute Gasteiger partial charge is 0.372 e. The quantitative estimate of drug-likeness (QED) is 0.728. The van der Waals surface area contributed by atoms with Crippen LogP contribution in [0.25, 0.3) is 11.4 Å². The Morgan fingerprint density at radius 2 is 2.06 bits per heavy atom. The number of nitrogens with zero attached hydrogens (tertiary/aromatic N) is 3. The summed E-state index contributed by atoms with van der Waals surface area (Å²) < 4.78 is 7.27. The first-order valence-corrected chi connectivity index (χ1v) is 5.41. The molecule has 2 aromatic rings.